The number of likely N-dealkylation sites (N-methyl/N-ethyl adjacent to an activating group) is 1. The van der Waals surface area contributed by atoms with E-state index in [0.29, 0.717) is 6.42 Å². The molecule has 0 aliphatic rings. The topological polar surface area (TPSA) is 86.8 Å². The van der Waals surface area contributed by atoms with Crippen molar-refractivity contribution in [1.82, 2.24) is 10.2 Å². The van der Waals surface area contributed by atoms with Crippen molar-refractivity contribution in [2.45, 2.75) is 19.4 Å². The first kappa shape index (κ1) is 26.3. The van der Waals surface area contributed by atoms with Gasteiger partial charge in [-0.2, -0.15) is 0 Å². The third-order valence-electron chi connectivity index (χ3n) is 4.84. The highest BCUT2D eigenvalue weighted by atomic mass is 35.5. The van der Waals surface area contributed by atoms with E-state index in [2.05, 4.69) is 5.32 Å². The molecule has 2 aromatic rings. The van der Waals surface area contributed by atoms with Gasteiger partial charge in [0.2, 0.25) is 21.8 Å². The van der Waals surface area contributed by atoms with Crippen molar-refractivity contribution in [1.29, 1.82) is 0 Å². The van der Waals surface area contributed by atoms with E-state index >= 15 is 0 Å². The summed E-state index contributed by atoms with van der Waals surface area (Å²) in [5.74, 6) is -0.936. The van der Waals surface area contributed by atoms with Crippen LogP contribution in [0.3, 0.4) is 0 Å². The van der Waals surface area contributed by atoms with Crippen molar-refractivity contribution >= 4 is 62.3 Å². The quantitative estimate of drug-likeness (QED) is 0.512. The molecule has 0 spiro atoms. The van der Waals surface area contributed by atoms with Crippen molar-refractivity contribution in [3.8, 4) is 0 Å². The van der Waals surface area contributed by atoms with Gasteiger partial charge in [0.1, 0.15) is 12.6 Å². The standard InChI is InChI=1S/C21H24Cl3N3O4S/c1-14(21(29)25-2)26(10-9-15-7-5-4-6-8-15)20(28)13-27(32(3,30)31)19-12-17(23)16(22)11-18(19)24/h4-8,11-12,14H,9-10,13H2,1-3H3,(H,25,29)/t14-/m1/s1. The van der Waals surface area contributed by atoms with Gasteiger partial charge >= 0.3 is 0 Å². The largest absolute Gasteiger partial charge is 0.357 e. The molecule has 7 nitrogen and oxygen atoms in total. The third kappa shape index (κ3) is 6.75. The molecule has 2 amide bonds. The Morgan fingerprint density at radius 3 is 2.19 bits per heavy atom. The number of hydrogen-bond acceptors (Lipinski definition) is 4. The van der Waals surface area contributed by atoms with Gasteiger partial charge < -0.3 is 10.2 Å². The molecular weight excluding hydrogens is 497 g/mol. The molecule has 2 aromatic carbocycles. The summed E-state index contributed by atoms with van der Waals surface area (Å²) in [5, 5.41) is 2.78. The summed E-state index contributed by atoms with van der Waals surface area (Å²) < 4.78 is 25.9. The molecule has 0 saturated carbocycles. The smallest absolute Gasteiger partial charge is 0.244 e. The van der Waals surface area contributed by atoms with Crippen LogP contribution >= 0.6 is 34.8 Å². The Labute approximate surface area is 203 Å². The van der Waals surface area contributed by atoms with Crippen LogP contribution in [0.25, 0.3) is 0 Å². The third-order valence-corrected chi connectivity index (χ3v) is 6.99. The number of carbonyl (C=O) groups is 2. The summed E-state index contributed by atoms with van der Waals surface area (Å²) in [6, 6.07) is 11.2. The van der Waals surface area contributed by atoms with Crippen molar-refractivity contribution in [3.63, 3.8) is 0 Å². The molecule has 0 heterocycles. The van der Waals surface area contributed by atoms with Crippen LogP contribution in [0, 0.1) is 0 Å². The number of nitrogens with zero attached hydrogens (tertiary/aromatic N) is 2. The van der Waals surface area contributed by atoms with Crippen LogP contribution in [0.15, 0.2) is 42.5 Å². The van der Waals surface area contributed by atoms with Crippen molar-refractivity contribution in [3.05, 3.63) is 63.1 Å². The number of carbonyl (C=O) groups excluding carboxylic acids is 2. The van der Waals surface area contributed by atoms with Crippen LogP contribution in [-0.4, -0.2) is 57.6 Å². The summed E-state index contributed by atoms with van der Waals surface area (Å²) >= 11 is 18.2. The number of halogens is 3. The number of hydrogen-bond donors (Lipinski definition) is 1. The lowest BCUT2D eigenvalue weighted by atomic mass is 10.1. The molecule has 0 bridgehead atoms. The zero-order chi connectivity index (χ0) is 24.1. The average Bonchev–Trinajstić information content (AvgIpc) is 2.74. The van der Waals surface area contributed by atoms with E-state index in [0.717, 1.165) is 16.1 Å². The molecule has 0 aliphatic carbocycles. The zero-order valence-electron chi connectivity index (χ0n) is 17.8. The maximum Gasteiger partial charge on any atom is 0.244 e. The van der Waals surface area contributed by atoms with E-state index in [4.69, 9.17) is 34.8 Å². The molecule has 0 aliphatic heterocycles. The number of nitrogens with one attached hydrogen (secondary N) is 1. The van der Waals surface area contributed by atoms with Crippen LogP contribution in [0.2, 0.25) is 15.1 Å². The Kier molecular flexibility index (Phi) is 9.21. The van der Waals surface area contributed by atoms with Gasteiger partial charge in [0.05, 0.1) is 27.0 Å². The van der Waals surface area contributed by atoms with Crippen molar-refractivity contribution in [2.75, 3.05) is 30.7 Å². The molecule has 0 radical (unpaired) electrons. The SMILES string of the molecule is CNC(=O)[C@@H](C)N(CCc1ccccc1)C(=O)CN(c1cc(Cl)c(Cl)cc1Cl)S(C)(=O)=O. The second-order valence-electron chi connectivity index (χ2n) is 7.10. The molecule has 32 heavy (non-hydrogen) atoms. The second-order valence-corrected chi connectivity index (χ2v) is 10.2. The van der Waals surface area contributed by atoms with E-state index in [-0.39, 0.29) is 33.2 Å². The number of rotatable bonds is 9. The maximum absolute atomic E-state index is 13.3. The Bertz CT molecular complexity index is 1080. The van der Waals surface area contributed by atoms with E-state index in [1.807, 2.05) is 30.3 Å². The molecule has 0 aromatic heterocycles. The predicted octanol–water partition coefficient (Wildman–Crippen LogP) is 3.62. The second kappa shape index (κ2) is 11.2. The lowest BCUT2D eigenvalue weighted by Crippen LogP contribution is -2.51. The predicted molar refractivity (Wildman–Crippen MR) is 129 cm³/mol. The first-order chi connectivity index (χ1) is 15.0. The number of anilines is 1. The van der Waals surface area contributed by atoms with Crippen LogP contribution in [0.1, 0.15) is 12.5 Å². The fourth-order valence-electron chi connectivity index (χ4n) is 3.08. The van der Waals surface area contributed by atoms with E-state index in [1.165, 1.54) is 24.1 Å². The van der Waals surface area contributed by atoms with Gasteiger partial charge in [-0.15, -0.1) is 0 Å². The van der Waals surface area contributed by atoms with Gasteiger partial charge in [-0.05, 0) is 31.0 Å². The van der Waals surface area contributed by atoms with Gasteiger partial charge in [0, 0.05) is 13.6 Å². The highest BCUT2D eigenvalue weighted by molar-refractivity contribution is 7.92. The first-order valence-electron chi connectivity index (χ1n) is 9.63. The molecule has 1 N–H and O–H groups in total. The molecule has 0 saturated heterocycles. The lowest BCUT2D eigenvalue weighted by molar-refractivity contribution is -0.138. The first-order valence-corrected chi connectivity index (χ1v) is 12.6. The minimum absolute atomic E-state index is 0.0209. The molecular formula is C21H24Cl3N3O4S. The average molecular weight is 521 g/mol. The zero-order valence-corrected chi connectivity index (χ0v) is 20.9. The summed E-state index contributed by atoms with van der Waals surface area (Å²) in [6.07, 6.45) is 1.44. The van der Waals surface area contributed by atoms with Gasteiger partial charge in [-0.25, -0.2) is 8.42 Å². The van der Waals surface area contributed by atoms with Crippen LogP contribution < -0.4 is 9.62 Å². The van der Waals surface area contributed by atoms with E-state index in [9.17, 15) is 18.0 Å². The Morgan fingerprint density at radius 1 is 1.03 bits per heavy atom. The van der Waals surface area contributed by atoms with E-state index in [1.54, 1.807) is 6.92 Å². The normalized spacial score (nSPS) is 12.2. The monoisotopic (exact) mass is 519 g/mol. The Morgan fingerprint density at radius 2 is 1.62 bits per heavy atom. The number of amides is 2. The Hall–Kier alpha value is -2.00. The van der Waals surface area contributed by atoms with Gasteiger partial charge in [0.15, 0.2) is 0 Å². The van der Waals surface area contributed by atoms with Crippen molar-refractivity contribution < 1.29 is 18.0 Å². The maximum atomic E-state index is 13.3. The van der Waals surface area contributed by atoms with Crippen LogP contribution in [0.4, 0.5) is 5.69 Å². The fraction of sp³-hybridized carbons (Fsp3) is 0.333. The highest BCUT2D eigenvalue weighted by Crippen LogP contribution is 2.35. The molecule has 174 valence electrons. The number of benzene rings is 2. The summed E-state index contributed by atoms with van der Waals surface area (Å²) in [5.41, 5.74) is 0.995. The fourth-order valence-corrected chi connectivity index (χ4v) is 4.62. The van der Waals surface area contributed by atoms with Gasteiger partial charge in [0.25, 0.3) is 0 Å². The van der Waals surface area contributed by atoms with Gasteiger partial charge in [-0.3, -0.25) is 13.9 Å². The summed E-state index contributed by atoms with van der Waals surface area (Å²) in [6.45, 7) is 1.23. The van der Waals surface area contributed by atoms with E-state index < -0.39 is 28.5 Å². The van der Waals surface area contributed by atoms with Crippen LogP contribution in [0.5, 0.6) is 0 Å². The molecule has 0 unspecified atom stereocenters. The summed E-state index contributed by atoms with van der Waals surface area (Å²) in [7, 11) is -2.45. The Balaban J connectivity index is 2.37. The molecule has 2 rings (SSSR count). The van der Waals surface area contributed by atoms with Crippen LogP contribution in [-0.2, 0) is 26.0 Å². The molecule has 11 heteroatoms. The summed E-state index contributed by atoms with van der Waals surface area (Å²) in [4.78, 5) is 26.9. The minimum Gasteiger partial charge on any atom is -0.357 e. The van der Waals surface area contributed by atoms with Gasteiger partial charge in [-0.1, -0.05) is 65.1 Å². The van der Waals surface area contributed by atoms with Crippen molar-refractivity contribution in [2.24, 2.45) is 0 Å². The highest BCUT2D eigenvalue weighted by Gasteiger charge is 2.30. The molecule has 0 fully saturated rings. The number of sulfonamides is 1. The molecule has 1 atom stereocenters. The lowest BCUT2D eigenvalue weighted by Gasteiger charge is -2.31. The minimum atomic E-state index is -3.92.